The second-order valence-electron chi connectivity index (χ2n) is 5.74. The molecule has 0 fully saturated rings. The zero-order valence-corrected chi connectivity index (χ0v) is 15.5. The maximum atomic E-state index is 12.7. The highest BCUT2D eigenvalue weighted by molar-refractivity contribution is 6.42. The molecule has 0 aliphatic rings. The van der Waals surface area contributed by atoms with Crippen molar-refractivity contribution in [3.05, 3.63) is 45.5 Å². The van der Waals surface area contributed by atoms with Crippen molar-refractivity contribution in [2.45, 2.75) is 39.2 Å². The van der Waals surface area contributed by atoms with E-state index in [4.69, 9.17) is 40.8 Å². The maximum absolute atomic E-state index is 12.7. The summed E-state index contributed by atoms with van der Waals surface area (Å²) in [5, 5.41) is 0.831. The van der Waals surface area contributed by atoms with Crippen LogP contribution in [-0.4, -0.2) is 12.1 Å². The Labute approximate surface area is 154 Å². The highest BCUT2D eigenvalue weighted by Crippen LogP contribution is 2.31. The monoisotopic (exact) mass is 362 g/mol. The maximum Gasteiger partial charge on any atom is 0.315 e. The lowest BCUT2D eigenvalue weighted by molar-refractivity contribution is -0.148. The highest BCUT2D eigenvalue weighted by Gasteiger charge is 2.28. The van der Waals surface area contributed by atoms with Gasteiger partial charge in [-0.25, -0.2) is 0 Å². The van der Waals surface area contributed by atoms with E-state index in [1.165, 1.54) is 0 Å². The van der Waals surface area contributed by atoms with Crippen LogP contribution in [0.25, 0.3) is 0 Å². The number of allylic oxidation sites excluding steroid dienone is 1. The number of ether oxygens (including phenoxy) is 1. The van der Waals surface area contributed by atoms with Crippen molar-refractivity contribution in [1.29, 1.82) is 0 Å². The smallest absolute Gasteiger partial charge is 0.315 e. The van der Waals surface area contributed by atoms with Crippen LogP contribution in [0.5, 0.6) is 0 Å². The van der Waals surface area contributed by atoms with E-state index in [-0.39, 0.29) is 5.92 Å². The molecule has 0 N–H and O–H groups in total. The van der Waals surface area contributed by atoms with E-state index < -0.39 is 18.0 Å². The van der Waals surface area contributed by atoms with E-state index in [0.29, 0.717) is 16.5 Å². The van der Waals surface area contributed by atoms with Gasteiger partial charge in [-0.05, 0) is 36.1 Å². The number of benzene rings is 1. The van der Waals surface area contributed by atoms with Crippen LogP contribution in [0, 0.1) is 30.6 Å². The summed E-state index contributed by atoms with van der Waals surface area (Å²) in [6, 6.07) is 5.12. The summed E-state index contributed by atoms with van der Waals surface area (Å²) in [6.07, 6.45) is 12.2. The molecule has 0 aliphatic carbocycles. The first kappa shape index (κ1) is 20.2. The van der Waals surface area contributed by atoms with E-state index in [9.17, 15) is 4.79 Å². The molecule has 1 rings (SSSR count). The largest absolute Gasteiger partial charge is 0.444 e. The second-order valence-corrected chi connectivity index (χ2v) is 6.55. The molecule has 1 aromatic rings. The SMILES string of the molecule is C#CCC=C(C)C(C#C)OC(=O)C(c1ccc(Cl)c(Cl)c1)C(C)C. The third-order valence-corrected chi connectivity index (χ3v) is 4.30. The molecule has 0 amide bonds. The summed E-state index contributed by atoms with van der Waals surface area (Å²) in [7, 11) is 0. The lowest BCUT2D eigenvalue weighted by Gasteiger charge is -2.23. The van der Waals surface area contributed by atoms with Crippen LogP contribution in [0.2, 0.25) is 10.0 Å². The standard InChI is InChI=1S/C20H20Cl2O2/c1-6-8-9-14(5)18(7-2)24-20(23)19(13(3)4)15-10-11-16(21)17(22)12-15/h1-2,9-13,18-19H,8H2,3-5H3. The Balaban J connectivity index is 3.05. The van der Waals surface area contributed by atoms with Gasteiger partial charge in [-0.15, -0.1) is 18.8 Å². The minimum atomic E-state index is -0.741. The molecule has 4 heteroatoms. The third-order valence-electron chi connectivity index (χ3n) is 3.56. The van der Waals surface area contributed by atoms with Crippen LogP contribution in [0.4, 0.5) is 0 Å². The van der Waals surface area contributed by atoms with Crippen molar-refractivity contribution < 1.29 is 9.53 Å². The highest BCUT2D eigenvalue weighted by atomic mass is 35.5. The normalized spacial score (nSPS) is 13.8. The molecule has 0 saturated carbocycles. The zero-order chi connectivity index (χ0) is 18.3. The zero-order valence-electron chi connectivity index (χ0n) is 14.0. The van der Waals surface area contributed by atoms with Gasteiger partial charge >= 0.3 is 5.97 Å². The Morgan fingerprint density at radius 3 is 2.46 bits per heavy atom. The molecular weight excluding hydrogens is 343 g/mol. The number of hydrogen-bond donors (Lipinski definition) is 0. The van der Waals surface area contributed by atoms with Gasteiger partial charge in [0.15, 0.2) is 6.10 Å². The van der Waals surface area contributed by atoms with Gasteiger partial charge in [0.25, 0.3) is 0 Å². The number of esters is 1. The van der Waals surface area contributed by atoms with Gasteiger partial charge in [0.2, 0.25) is 0 Å². The van der Waals surface area contributed by atoms with Crippen LogP contribution in [0.3, 0.4) is 0 Å². The fourth-order valence-electron chi connectivity index (χ4n) is 2.27. The Hall–Kier alpha value is -1.87. The summed E-state index contributed by atoms with van der Waals surface area (Å²) < 4.78 is 5.52. The van der Waals surface area contributed by atoms with E-state index in [2.05, 4.69) is 11.8 Å². The molecule has 0 radical (unpaired) electrons. The van der Waals surface area contributed by atoms with Gasteiger partial charge in [-0.1, -0.05) is 55.1 Å². The molecule has 0 saturated heterocycles. The number of halogens is 2. The molecule has 2 nitrogen and oxygen atoms in total. The van der Waals surface area contributed by atoms with Crippen molar-refractivity contribution in [1.82, 2.24) is 0 Å². The molecule has 0 spiro atoms. The molecule has 0 bridgehead atoms. The van der Waals surface area contributed by atoms with Crippen LogP contribution in [0.1, 0.15) is 38.7 Å². The lowest BCUT2D eigenvalue weighted by Crippen LogP contribution is -2.26. The van der Waals surface area contributed by atoms with Gasteiger partial charge in [-0.2, -0.15) is 0 Å². The molecule has 0 aliphatic heterocycles. The molecule has 126 valence electrons. The number of carbonyl (C=O) groups is 1. The van der Waals surface area contributed by atoms with Crippen LogP contribution in [0.15, 0.2) is 29.8 Å². The van der Waals surface area contributed by atoms with Gasteiger partial charge in [-0.3, -0.25) is 4.79 Å². The number of rotatable bonds is 6. The van der Waals surface area contributed by atoms with Gasteiger partial charge in [0, 0.05) is 6.42 Å². The van der Waals surface area contributed by atoms with Crippen LogP contribution >= 0.6 is 23.2 Å². The fourth-order valence-corrected chi connectivity index (χ4v) is 2.58. The molecule has 2 atom stereocenters. The summed E-state index contributed by atoms with van der Waals surface area (Å²) in [4.78, 5) is 12.7. The molecule has 0 heterocycles. The average Bonchev–Trinajstić information content (AvgIpc) is 2.53. The van der Waals surface area contributed by atoms with Crippen molar-refractivity contribution >= 4 is 29.2 Å². The Kier molecular flexibility index (Phi) is 7.93. The van der Waals surface area contributed by atoms with Crippen LogP contribution < -0.4 is 0 Å². The van der Waals surface area contributed by atoms with E-state index in [1.54, 1.807) is 31.2 Å². The summed E-state index contributed by atoms with van der Waals surface area (Å²) >= 11 is 12.0. The first-order valence-corrected chi connectivity index (χ1v) is 8.29. The minimum Gasteiger partial charge on any atom is -0.444 e. The summed E-state index contributed by atoms with van der Waals surface area (Å²) in [5.41, 5.74) is 1.48. The van der Waals surface area contributed by atoms with Crippen LogP contribution in [-0.2, 0) is 9.53 Å². The number of terminal acetylenes is 2. The average molecular weight is 363 g/mol. The first-order valence-electron chi connectivity index (χ1n) is 7.53. The summed E-state index contributed by atoms with van der Waals surface area (Å²) in [5.74, 6) is 4.09. The second kappa shape index (κ2) is 9.43. The van der Waals surface area contributed by atoms with Gasteiger partial charge in [0.1, 0.15) is 0 Å². The topological polar surface area (TPSA) is 26.3 Å². The quantitative estimate of drug-likeness (QED) is 0.392. The molecular formula is C20H20Cl2O2. The van der Waals surface area contributed by atoms with E-state index in [0.717, 1.165) is 11.1 Å². The van der Waals surface area contributed by atoms with Crippen molar-refractivity contribution in [3.63, 3.8) is 0 Å². The minimum absolute atomic E-state index is 0.00293. The molecule has 24 heavy (non-hydrogen) atoms. The Bertz CT molecular complexity index is 705. The summed E-state index contributed by atoms with van der Waals surface area (Å²) in [6.45, 7) is 5.65. The third kappa shape index (κ3) is 5.34. The van der Waals surface area contributed by atoms with Gasteiger partial charge in [0.05, 0.1) is 16.0 Å². The van der Waals surface area contributed by atoms with Crippen molar-refractivity contribution in [3.8, 4) is 24.7 Å². The Morgan fingerprint density at radius 2 is 1.96 bits per heavy atom. The van der Waals surface area contributed by atoms with Gasteiger partial charge < -0.3 is 4.74 Å². The van der Waals surface area contributed by atoms with Crippen molar-refractivity contribution in [2.24, 2.45) is 5.92 Å². The predicted molar refractivity (Wildman–Crippen MR) is 100.0 cm³/mol. The lowest BCUT2D eigenvalue weighted by atomic mass is 9.88. The number of carbonyl (C=O) groups excluding carboxylic acids is 1. The number of hydrogen-bond acceptors (Lipinski definition) is 2. The van der Waals surface area contributed by atoms with E-state index >= 15 is 0 Å². The first-order chi connectivity index (χ1) is 11.3. The molecule has 2 unspecified atom stereocenters. The Morgan fingerprint density at radius 1 is 1.29 bits per heavy atom. The van der Waals surface area contributed by atoms with E-state index in [1.807, 2.05) is 13.8 Å². The molecule has 1 aromatic carbocycles. The predicted octanol–water partition coefficient (Wildman–Crippen LogP) is 5.25. The fraction of sp³-hybridized carbons (Fsp3) is 0.350. The molecule has 0 aromatic heterocycles. The van der Waals surface area contributed by atoms with Crippen molar-refractivity contribution in [2.75, 3.05) is 0 Å².